The molecule has 0 aliphatic heterocycles. The number of amides is 1. The van der Waals surface area contributed by atoms with E-state index in [0.717, 1.165) is 16.9 Å². The number of aromatic nitrogens is 1. The Morgan fingerprint density at radius 3 is 2.65 bits per heavy atom. The second-order valence-electron chi connectivity index (χ2n) is 4.43. The number of carbonyl (C=O) groups excluding carboxylic acids is 1. The zero-order valence-corrected chi connectivity index (χ0v) is 11.5. The van der Waals surface area contributed by atoms with Crippen molar-refractivity contribution < 1.29 is 9.53 Å². The van der Waals surface area contributed by atoms with Gasteiger partial charge in [0, 0.05) is 18.5 Å². The van der Waals surface area contributed by atoms with Crippen molar-refractivity contribution in [3.8, 4) is 0 Å². The number of ether oxygens (including phenoxy) is 1. The predicted octanol–water partition coefficient (Wildman–Crippen LogP) is 2.38. The average Bonchev–Trinajstić information content (AvgIpc) is 2.39. The molecule has 0 unspecified atom stereocenters. The molecular weight excluding hydrogens is 254 g/mol. The van der Waals surface area contributed by atoms with Gasteiger partial charge in [-0.3, -0.25) is 4.79 Å². The van der Waals surface area contributed by atoms with Crippen LogP contribution in [0.15, 0.2) is 36.4 Å². The Balaban J connectivity index is 2.47. The zero-order chi connectivity index (χ0) is 14.5. The number of primary amides is 1. The van der Waals surface area contributed by atoms with Crippen LogP contribution in [0.3, 0.4) is 0 Å². The molecular formula is C15H17N3O2. The summed E-state index contributed by atoms with van der Waals surface area (Å²) in [5.41, 5.74) is 8.20. The van der Waals surface area contributed by atoms with Crippen LogP contribution >= 0.6 is 0 Å². The van der Waals surface area contributed by atoms with E-state index in [1.807, 2.05) is 37.3 Å². The fourth-order valence-corrected chi connectivity index (χ4v) is 2.03. The Kier molecular flexibility index (Phi) is 4.32. The minimum absolute atomic E-state index is 0.311. The molecule has 0 saturated heterocycles. The molecule has 20 heavy (non-hydrogen) atoms. The van der Waals surface area contributed by atoms with Gasteiger partial charge in [-0.1, -0.05) is 18.2 Å². The number of hydrogen-bond acceptors (Lipinski definition) is 4. The Bertz CT molecular complexity index is 612. The summed E-state index contributed by atoms with van der Waals surface area (Å²) >= 11 is 0. The molecule has 104 valence electrons. The second kappa shape index (κ2) is 6.16. The highest BCUT2D eigenvalue weighted by Crippen LogP contribution is 2.23. The van der Waals surface area contributed by atoms with Gasteiger partial charge in [0.2, 0.25) is 0 Å². The molecule has 0 aliphatic rings. The van der Waals surface area contributed by atoms with Crippen molar-refractivity contribution in [3.63, 3.8) is 0 Å². The minimum Gasteiger partial charge on any atom is -0.380 e. The van der Waals surface area contributed by atoms with Gasteiger partial charge in [-0.05, 0) is 30.7 Å². The lowest BCUT2D eigenvalue weighted by Gasteiger charge is -2.14. The molecule has 0 spiro atoms. The molecule has 0 fully saturated rings. The molecule has 1 heterocycles. The maximum absolute atomic E-state index is 11.7. The van der Waals surface area contributed by atoms with Gasteiger partial charge in [0.05, 0.1) is 12.2 Å². The summed E-state index contributed by atoms with van der Waals surface area (Å²) in [5, 5.41) is 3.13. The van der Waals surface area contributed by atoms with Gasteiger partial charge in [0.25, 0.3) is 5.91 Å². The predicted molar refractivity (Wildman–Crippen MR) is 77.9 cm³/mol. The van der Waals surface area contributed by atoms with Gasteiger partial charge in [0.1, 0.15) is 5.82 Å². The summed E-state index contributed by atoms with van der Waals surface area (Å²) in [6.45, 7) is 2.17. The third-order valence-electron chi connectivity index (χ3n) is 2.81. The number of carbonyl (C=O) groups is 1. The molecule has 2 aromatic rings. The number of methoxy groups -OCH3 is 1. The SMILES string of the molecule is COCc1cc(C)nc(Nc2ccccc2)c1C(N)=O. The van der Waals surface area contributed by atoms with E-state index < -0.39 is 5.91 Å². The Morgan fingerprint density at radius 2 is 2.05 bits per heavy atom. The van der Waals surface area contributed by atoms with E-state index in [9.17, 15) is 4.79 Å². The van der Waals surface area contributed by atoms with Crippen LogP contribution in [0, 0.1) is 6.92 Å². The van der Waals surface area contributed by atoms with Gasteiger partial charge in [-0.25, -0.2) is 4.98 Å². The quantitative estimate of drug-likeness (QED) is 0.875. The number of rotatable bonds is 5. The third-order valence-corrected chi connectivity index (χ3v) is 2.81. The topological polar surface area (TPSA) is 77.2 Å². The molecule has 3 N–H and O–H groups in total. The van der Waals surface area contributed by atoms with Crippen molar-refractivity contribution >= 4 is 17.4 Å². The molecule has 0 radical (unpaired) electrons. The lowest BCUT2D eigenvalue weighted by Crippen LogP contribution is -2.18. The van der Waals surface area contributed by atoms with Gasteiger partial charge >= 0.3 is 0 Å². The molecule has 0 atom stereocenters. The minimum atomic E-state index is -0.525. The van der Waals surface area contributed by atoms with Crippen LogP contribution in [0.2, 0.25) is 0 Å². The number of anilines is 2. The summed E-state index contributed by atoms with van der Waals surface area (Å²) in [5.74, 6) is -0.0706. The van der Waals surface area contributed by atoms with Crippen molar-refractivity contribution in [2.24, 2.45) is 5.73 Å². The van der Waals surface area contributed by atoms with Crippen LogP contribution in [-0.2, 0) is 11.3 Å². The van der Waals surface area contributed by atoms with E-state index in [1.165, 1.54) is 0 Å². The monoisotopic (exact) mass is 271 g/mol. The van der Waals surface area contributed by atoms with Crippen molar-refractivity contribution in [2.45, 2.75) is 13.5 Å². The molecule has 1 amide bonds. The molecule has 1 aromatic carbocycles. The zero-order valence-electron chi connectivity index (χ0n) is 11.5. The number of para-hydroxylation sites is 1. The number of nitrogens with zero attached hydrogens (tertiary/aromatic N) is 1. The van der Waals surface area contributed by atoms with E-state index >= 15 is 0 Å². The number of aryl methyl sites for hydroxylation is 1. The summed E-state index contributed by atoms with van der Waals surface area (Å²) in [4.78, 5) is 16.1. The summed E-state index contributed by atoms with van der Waals surface area (Å²) in [7, 11) is 1.57. The third kappa shape index (κ3) is 3.13. The standard InChI is InChI=1S/C15H17N3O2/c1-10-8-11(9-20-2)13(14(16)19)15(17-10)18-12-6-4-3-5-7-12/h3-8H,9H2,1-2H3,(H2,16,19)(H,17,18). The normalized spacial score (nSPS) is 10.3. The maximum Gasteiger partial charge on any atom is 0.252 e. The fraction of sp³-hybridized carbons (Fsp3) is 0.200. The lowest BCUT2D eigenvalue weighted by atomic mass is 10.1. The number of hydrogen-bond donors (Lipinski definition) is 2. The van der Waals surface area contributed by atoms with Crippen molar-refractivity contribution in [3.05, 3.63) is 53.2 Å². The van der Waals surface area contributed by atoms with E-state index in [2.05, 4.69) is 10.3 Å². The van der Waals surface area contributed by atoms with Gasteiger partial charge < -0.3 is 15.8 Å². The highest BCUT2D eigenvalue weighted by molar-refractivity contribution is 5.99. The van der Waals surface area contributed by atoms with Crippen LogP contribution < -0.4 is 11.1 Å². The van der Waals surface area contributed by atoms with E-state index in [-0.39, 0.29) is 0 Å². The van der Waals surface area contributed by atoms with Crippen LogP contribution in [-0.4, -0.2) is 18.0 Å². The molecule has 5 heteroatoms. The largest absolute Gasteiger partial charge is 0.380 e. The molecule has 0 saturated carbocycles. The smallest absolute Gasteiger partial charge is 0.252 e. The fourth-order valence-electron chi connectivity index (χ4n) is 2.03. The Labute approximate surface area is 117 Å². The first kappa shape index (κ1) is 14.0. The lowest BCUT2D eigenvalue weighted by molar-refractivity contribution is 0.0996. The first-order valence-electron chi connectivity index (χ1n) is 6.23. The van der Waals surface area contributed by atoms with E-state index in [1.54, 1.807) is 13.2 Å². The van der Waals surface area contributed by atoms with E-state index in [4.69, 9.17) is 10.5 Å². The number of benzene rings is 1. The first-order chi connectivity index (χ1) is 9.61. The van der Waals surface area contributed by atoms with Crippen molar-refractivity contribution in [1.29, 1.82) is 0 Å². The molecule has 2 rings (SSSR count). The van der Waals surface area contributed by atoms with Crippen LogP contribution in [0.1, 0.15) is 21.6 Å². The van der Waals surface area contributed by atoms with Gasteiger partial charge in [0.15, 0.2) is 0 Å². The summed E-state index contributed by atoms with van der Waals surface area (Å²) in [6.07, 6.45) is 0. The molecule has 0 bridgehead atoms. The van der Waals surface area contributed by atoms with Crippen LogP contribution in [0.4, 0.5) is 11.5 Å². The van der Waals surface area contributed by atoms with Crippen LogP contribution in [0.25, 0.3) is 0 Å². The van der Waals surface area contributed by atoms with Crippen LogP contribution in [0.5, 0.6) is 0 Å². The highest BCUT2D eigenvalue weighted by Gasteiger charge is 2.16. The Morgan fingerprint density at radius 1 is 1.35 bits per heavy atom. The average molecular weight is 271 g/mol. The van der Waals surface area contributed by atoms with Crippen molar-refractivity contribution in [1.82, 2.24) is 4.98 Å². The Hall–Kier alpha value is -2.40. The summed E-state index contributed by atoms with van der Waals surface area (Å²) in [6, 6.07) is 11.3. The molecule has 0 aliphatic carbocycles. The second-order valence-corrected chi connectivity index (χ2v) is 4.43. The highest BCUT2D eigenvalue weighted by atomic mass is 16.5. The molecule has 5 nitrogen and oxygen atoms in total. The van der Waals surface area contributed by atoms with Gasteiger partial charge in [-0.2, -0.15) is 0 Å². The van der Waals surface area contributed by atoms with Gasteiger partial charge in [-0.15, -0.1) is 0 Å². The number of pyridine rings is 1. The maximum atomic E-state index is 11.7. The van der Waals surface area contributed by atoms with Crippen molar-refractivity contribution in [2.75, 3.05) is 12.4 Å². The number of nitrogens with two attached hydrogens (primary N) is 1. The van der Waals surface area contributed by atoms with E-state index in [0.29, 0.717) is 18.0 Å². The summed E-state index contributed by atoms with van der Waals surface area (Å²) < 4.78 is 5.12. The number of nitrogens with one attached hydrogen (secondary N) is 1. The molecule has 1 aromatic heterocycles. The first-order valence-corrected chi connectivity index (χ1v) is 6.23.